The molecule has 1 aliphatic carbocycles. The molecule has 4 heteroatoms. The van der Waals surface area contributed by atoms with Crippen LogP contribution in [0.1, 0.15) is 49.4 Å². The van der Waals surface area contributed by atoms with Crippen molar-refractivity contribution in [1.82, 2.24) is 0 Å². The van der Waals surface area contributed by atoms with Gasteiger partial charge >= 0.3 is 0 Å². The van der Waals surface area contributed by atoms with E-state index in [2.05, 4.69) is 12.2 Å². The van der Waals surface area contributed by atoms with Gasteiger partial charge in [-0.1, -0.05) is 19.3 Å². The second kappa shape index (κ2) is 4.88. The average molecular weight is 247 g/mol. The van der Waals surface area contributed by atoms with Crippen molar-refractivity contribution in [3.63, 3.8) is 0 Å². The lowest BCUT2D eigenvalue weighted by Gasteiger charge is -2.36. The summed E-state index contributed by atoms with van der Waals surface area (Å²) in [5.41, 5.74) is 13.1. The minimum Gasteiger partial charge on any atom is -0.399 e. The zero-order valence-electron chi connectivity index (χ0n) is 10.8. The number of anilines is 2. The van der Waals surface area contributed by atoms with E-state index < -0.39 is 5.91 Å². The second-order valence-corrected chi connectivity index (χ2v) is 5.42. The van der Waals surface area contributed by atoms with Crippen LogP contribution in [0.2, 0.25) is 0 Å². The fourth-order valence-electron chi connectivity index (χ4n) is 2.66. The first-order valence-electron chi connectivity index (χ1n) is 6.48. The van der Waals surface area contributed by atoms with Crippen molar-refractivity contribution in [3.05, 3.63) is 23.8 Å². The van der Waals surface area contributed by atoms with E-state index in [9.17, 15) is 4.79 Å². The summed E-state index contributed by atoms with van der Waals surface area (Å²) < 4.78 is 0. The third-order valence-electron chi connectivity index (χ3n) is 3.70. The number of carbonyl (C=O) groups excluding carboxylic acids is 1. The number of nitrogen functional groups attached to an aromatic ring is 1. The van der Waals surface area contributed by atoms with Crippen LogP contribution in [-0.2, 0) is 0 Å². The predicted molar refractivity (Wildman–Crippen MR) is 74.5 cm³/mol. The summed E-state index contributed by atoms with van der Waals surface area (Å²) in [5, 5.41) is 3.47. The van der Waals surface area contributed by atoms with Gasteiger partial charge in [0.2, 0.25) is 0 Å². The van der Waals surface area contributed by atoms with Crippen LogP contribution in [-0.4, -0.2) is 11.4 Å². The predicted octanol–water partition coefficient (Wildman–Crippen LogP) is 2.50. The van der Waals surface area contributed by atoms with Crippen LogP contribution in [0.4, 0.5) is 11.4 Å². The molecule has 1 amide bonds. The Labute approximate surface area is 108 Å². The maximum atomic E-state index is 11.4. The SMILES string of the molecule is CC1(Nc2cc(N)ccc2C(N)=O)CCCCC1. The smallest absolute Gasteiger partial charge is 0.250 e. The van der Waals surface area contributed by atoms with Crippen LogP contribution < -0.4 is 16.8 Å². The van der Waals surface area contributed by atoms with E-state index in [1.54, 1.807) is 18.2 Å². The van der Waals surface area contributed by atoms with Gasteiger partial charge in [-0.3, -0.25) is 4.79 Å². The molecule has 0 atom stereocenters. The zero-order valence-corrected chi connectivity index (χ0v) is 10.8. The van der Waals surface area contributed by atoms with E-state index in [1.165, 1.54) is 19.3 Å². The molecule has 98 valence electrons. The number of primary amides is 1. The maximum Gasteiger partial charge on any atom is 0.250 e. The van der Waals surface area contributed by atoms with Crippen LogP contribution in [0.3, 0.4) is 0 Å². The lowest BCUT2D eigenvalue weighted by atomic mass is 9.83. The van der Waals surface area contributed by atoms with E-state index in [4.69, 9.17) is 11.5 Å². The highest BCUT2D eigenvalue weighted by Crippen LogP contribution is 2.32. The Bertz CT molecular complexity index is 450. The summed E-state index contributed by atoms with van der Waals surface area (Å²) in [7, 11) is 0. The number of nitrogens with two attached hydrogens (primary N) is 2. The Morgan fingerprint density at radius 3 is 2.56 bits per heavy atom. The van der Waals surface area contributed by atoms with Gasteiger partial charge in [0.25, 0.3) is 5.91 Å². The highest BCUT2D eigenvalue weighted by atomic mass is 16.1. The fraction of sp³-hybridized carbons (Fsp3) is 0.500. The Morgan fingerprint density at radius 2 is 1.94 bits per heavy atom. The fourth-order valence-corrected chi connectivity index (χ4v) is 2.66. The maximum absolute atomic E-state index is 11.4. The van der Waals surface area contributed by atoms with Gasteiger partial charge in [0.05, 0.1) is 5.56 Å². The van der Waals surface area contributed by atoms with E-state index in [0.29, 0.717) is 11.3 Å². The molecule has 0 heterocycles. The molecular formula is C14H21N3O. The molecule has 0 saturated heterocycles. The first-order chi connectivity index (χ1) is 8.50. The molecule has 0 unspecified atom stereocenters. The molecular weight excluding hydrogens is 226 g/mol. The number of carbonyl (C=O) groups is 1. The lowest BCUT2D eigenvalue weighted by Crippen LogP contribution is -2.37. The molecule has 0 radical (unpaired) electrons. The van der Waals surface area contributed by atoms with E-state index in [-0.39, 0.29) is 5.54 Å². The molecule has 4 nitrogen and oxygen atoms in total. The van der Waals surface area contributed by atoms with E-state index in [0.717, 1.165) is 18.5 Å². The van der Waals surface area contributed by atoms with Crippen molar-refractivity contribution in [1.29, 1.82) is 0 Å². The minimum absolute atomic E-state index is 0.0379. The number of amides is 1. The number of hydrogen-bond donors (Lipinski definition) is 3. The topological polar surface area (TPSA) is 81.1 Å². The highest BCUT2D eigenvalue weighted by Gasteiger charge is 2.27. The Morgan fingerprint density at radius 1 is 1.28 bits per heavy atom. The monoisotopic (exact) mass is 247 g/mol. The summed E-state index contributed by atoms with van der Waals surface area (Å²) in [6.45, 7) is 2.19. The third-order valence-corrected chi connectivity index (χ3v) is 3.70. The Balaban J connectivity index is 2.26. The number of benzene rings is 1. The standard InChI is InChI=1S/C14H21N3O/c1-14(7-3-2-4-8-14)17-12-9-10(15)5-6-11(12)13(16)18/h5-6,9,17H,2-4,7-8,15H2,1H3,(H2,16,18). The van der Waals surface area contributed by atoms with Gasteiger partial charge < -0.3 is 16.8 Å². The summed E-state index contributed by atoms with van der Waals surface area (Å²) in [4.78, 5) is 11.4. The van der Waals surface area contributed by atoms with Crippen LogP contribution in [0.15, 0.2) is 18.2 Å². The van der Waals surface area contributed by atoms with E-state index in [1.807, 2.05) is 0 Å². The molecule has 1 aromatic rings. The molecule has 1 aromatic carbocycles. The molecule has 0 spiro atoms. The van der Waals surface area contributed by atoms with Gasteiger partial charge in [-0.25, -0.2) is 0 Å². The quantitative estimate of drug-likeness (QED) is 0.718. The molecule has 18 heavy (non-hydrogen) atoms. The van der Waals surface area contributed by atoms with Gasteiger partial charge in [-0.05, 0) is 38.0 Å². The van der Waals surface area contributed by atoms with Crippen molar-refractivity contribution < 1.29 is 4.79 Å². The molecule has 0 aliphatic heterocycles. The van der Waals surface area contributed by atoms with Crippen LogP contribution in [0.5, 0.6) is 0 Å². The number of nitrogens with one attached hydrogen (secondary N) is 1. The second-order valence-electron chi connectivity index (χ2n) is 5.42. The van der Waals surface area contributed by atoms with E-state index >= 15 is 0 Å². The molecule has 1 fully saturated rings. The average Bonchev–Trinajstić information content (AvgIpc) is 2.28. The highest BCUT2D eigenvalue weighted by molar-refractivity contribution is 5.99. The van der Waals surface area contributed by atoms with Crippen LogP contribution >= 0.6 is 0 Å². The van der Waals surface area contributed by atoms with Gasteiger partial charge in [0.15, 0.2) is 0 Å². The summed E-state index contributed by atoms with van der Waals surface area (Å²) in [6.07, 6.45) is 5.95. The minimum atomic E-state index is -0.420. The summed E-state index contributed by atoms with van der Waals surface area (Å²) in [6, 6.07) is 5.18. The zero-order chi connectivity index (χ0) is 13.2. The number of rotatable bonds is 3. The van der Waals surface area contributed by atoms with Gasteiger partial charge in [0.1, 0.15) is 0 Å². The first kappa shape index (κ1) is 12.7. The molecule has 5 N–H and O–H groups in total. The van der Waals surface area contributed by atoms with Crippen LogP contribution in [0, 0.1) is 0 Å². The third kappa shape index (κ3) is 2.75. The van der Waals surface area contributed by atoms with Crippen molar-refractivity contribution in [3.8, 4) is 0 Å². The van der Waals surface area contributed by atoms with Gasteiger partial charge in [0, 0.05) is 16.9 Å². The number of hydrogen-bond acceptors (Lipinski definition) is 3. The molecule has 0 bridgehead atoms. The van der Waals surface area contributed by atoms with Crippen molar-refractivity contribution in [2.24, 2.45) is 5.73 Å². The van der Waals surface area contributed by atoms with Crippen LogP contribution in [0.25, 0.3) is 0 Å². The molecule has 1 saturated carbocycles. The Kier molecular flexibility index (Phi) is 3.45. The summed E-state index contributed by atoms with van der Waals surface area (Å²) >= 11 is 0. The first-order valence-corrected chi connectivity index (χ1v) is 6.48. The summed E-state index contributed by atoms with van der Waals surface area (Å²) in [5.74, 6) is -0.420. The lowest BCUT2D eigenvalue weighted by molar-refractivity contribution is 0.100. The largest absolute Gasteiger partial charge is 0.399 e. The van der Waals surface area contributed by atoms with Crippen molar-refractivity contribution in [2.75, 3.05) is 11.1 Å². The van der Waals surface area contributed by atoms with Crippen molar-refractivity contribution in [2.45, 2.75) is 44.6 Å². The van der Waals surface area contributed by atoms with Gasteiger partial charge in [-0.15, -0.1) is 0 Å². The normalized spacial score (nSPS) is 18.3. The van der Waals surface area contributed by atoms with Gasteiger partial charge in [-0.2, -0.15) is 0 Å². The Hall–Kier alpha value is -1.71. The van der Waals surface area contributed by atoms with Crippen molar-refractivity contribution >= 4 is 17.3 Å². The molecule has 0 aromatic heterocycles. The molecule has 2 rings (SSSR count). The molecule has 1 aliphatic rings.